The van der Waals surface area contributed by atoms with Crippen LogP contribution in [-0.2, 0) is 19.5 Å². The van der Waals surface area contributed by atoms with Crippen molar-refractivity contribution >= 4 is 18.2 Å². The Labute approximate surface area is 52.5 Å². The summed E-state index contributed by atoms with van der Waals surface area (Å²) >= 11 is 4.38. The number of hydrogen-bond donors (Lipinski definition) is 0. The maximum Gasteiger partial charge on any atom is 0.183 e. The molecule has 0 amide bonds. The van der Waals surface area contributed by atoms with E-state index in [4.69, 9.17) is 0 Å². The van der Waals surface area contributed by atoms with Crippen molar-refractivity contribution in [3.63, 3.8) is 0 Å². The normalized spacial score (nSPS) is 9.12. The van der Waals surface area contributed by atoms with Crippen LogP contribution in [0.5, 0.6) is 0 Å². The molecule has 0 atom stereocenters. The third kappa shape index (κ3) is 0.894. The smallest absolute Gasteiger partial charge is 0.183 e. The Morgan fingerprint density at radius 2 is 2.62 bits per heavy atom. The quantitative estimate of drug-likeness (QED) is 0.558. The number of imidazole rings is 1. The Morgan fingerprint density at radius 1 is 1.88 bits per heavy atom. The molecule has 0 saturated carbocycles. The van der Waals surface area contributed by atoms with Gasteiger partial charge in [-0.05, 0) is 0 Å². The highest BCUT2D eigenvalue weighted by Gasteiger charge is 1.87. The molecule has 0 radical (unpaired) electrons. The Hall–Kier alpha value is -0.770. The van der Waals surface area contributed by atoms with Gasteiger partial charge in [0.1, 0.15) is 0 Å². The molecule has 1 aromatic rings. The SMILES string of the molecule is Cn1cnc(N=S)c1. The Kier molecular flexibility index (Phi) is 1.34. The first-order valence-corrected chi connectivity index (χ1v) is 2.51. The predicted molar refractivity (Wildman–Crippen MR) is 32.7 cm³/mol. The van der Waals surface area contributed by atoms with Crippen molar-refractivity contribution in [2.45, 2.75) is 0 Å². The number of rotatable bonds is 1. The van der Waals surface area contributed by atoms with Crippen molar-refractivity contribution < 1.29 is 0 Å². The van der Waals surface area contributed by atoms with Gasteiger partial charge in [0, 0.05) is 19.5 Å². The first-order valence-electron chi connectivity index (χ1n) is 2.14. The maximum atomic E-state index is 4.38. The van der Waals surface area contributed by atoms with Gasteiger partial charge in [0.25, 0.3) is 0 Å². The molecule has 1 heterocycles. The minimum atomic E-state index is 0.600. The van der Waals surface area contributed by atoms with E-state index < -0.39 is 0 Å². The van der Waals surface area contributed by atoms with Crippen LogP contribution in [0.25, 0.3) is 0 Å². The molecule has 0 aromatic carbocycles. The van der Waals surface area contributed by atoms with E-state index in [-0.39, 0.29) is 0 Å². The highest BCUT2D eigenvalue weighted by atomic mass is 32.1. The van der Waals surface area contributed by atoms with Gasteiger partial charge in [0.15, 0.2) is 5.82 Å². The topological polar surface area (TPSA) is 30.2 Å². The number of nitrogens with zero attached hydrogens (tertiary/aromatic N) is 3. The largest absolute Gasteiger partial charge is 0.338 e. The van der Waals surface area contributed by atoms with Gasteiger partial charge in [-0.3, -0.25) is 0 Å². The summed E-state index contributed by atoms with van der Waals surface area (Å²) in [5.41, 5.74) is 0. The molecular weight excluding hydrogens is 122 g/mol. The van der Waals surface area contributed by atoms with Crippen molar-refractivity contribution in [1.82, 2.24) is 9.55 Å². The molecule has 4 heteroatoms. The fraction of sp³-hybridized carbons (Fsp3) is 0.250. The van der Waals surface area contributed by atoms with Gasteiger partial charge in [-0.25, -0.2) is 4.98 Å². The lowest BCUT2D eigenvalue weighted by molar-refractivity contribution is 0.913. The molecule has 0 aliphatic heterocycles. The monoisotopic (exact) mass is 127 g/mol. The molecule has 0 aliphatic carbocycles. The molecule has 42 valence electrons. The lowest BCUT2D eigenvalue weighted by Crippen LogP contribution is -1.76. The van der Waals surface area contributed by atoms with Crippen molar-refractivity contribution in [1.29, 1.82) is 0 Å². The van der Waals surface area contributed by atoms with Gasteiger partial charge in [-0.15, -0.1) is 0 Å². The van der Waals surface area contributed by atoms with Crippen molar-refractivity contribution in [2.24, 2.45) is 11.4 Å². The zero-order valence-electron chi connectivity index (χ0n) is 4.40. The van der Waals surface area contributed by atoms with Crippen molar-refractivity contribution in [3.8, 4) is 0 Å². The molecular formula is C4H5N3S. The van der Waals surface area contributed by atoms with E-state index in [0.29, 0.717) is 5.82 Å². The molecule has 0 saturated heterocycles. The number of aryl methyl sites for hydroxylation is 1. The Bertz CT molecular complexity index is 193. The van der Waals surface area contributed by atoms with E-state index in [2.05, 4.69) is 21.8 Å². The van der Waals surface area contributed by atoms with Crippen LogP contribution in [0, 0.1) is 0 Å². The second-order valence-electron chi connectivity index (χ2n) is 1.49. The molecule has 1 rings (SSSR count). The van der Waals surface area contributed by atoms with Gasteiger partial charge >= 0.3 is 0 Å². The number of aromatic nitrogens is 2. The van der Waals surface area contributed by atoms with E-state index in [1.807, 2.05) is 7.05 Å². The highest BCUT2D eigenvalue weighted by molar-refractivity contribution is 7.47. The maximum absolute atomic E-state index is 4.38. The molecule has 0 unspecified atom stereocenters. The molecule has 0 bridgehead atoms. The summed E-state index contributed by atoms with van der Waals surface area (Å²) < 4.78 is 5.24. The summed E-state index contributed by atoms with van der Waals surface area (Å²) in [6.45, 7) is 0. The Morgan fingerprint density at radius 3 is 2.88 bits per heavy atom. The van der Waals surface area contributed by atoms with Crippen LogP contribution in [0.4, 0.5) is 5.82 Å². The second-order valence-corrected chi connectivity index (χ2v) is 1.67. The summed E-state index contributed by atoms with van der Waals surface area (Å²) in [5, 5.41) is 0. The molecule has 3 nitrogen and oxygen atoms in total. The van der Waals surface area contributed by atoms with E-state index in [9.17, 15) is 0 Å². The van der Waals surface area contributed by atoms with Gasteiger partial charge < -0.3 is 4.57 Å². The zero-order valence-corrected chi connectivity index (χ0v) is 5.22. The predicted octanol–water partition coefficient (Wildman–Crippen LogP) is 0.782. The van der Waals surface area contributed by atoms with E-state index in [0.717, 1.165) is 0 Å². The van der Waals surface area contributed by atoms with Crippen LogP contribution in [0.1, 0.15) is 0 Å². The zero-order chi connectivity index (χ0) is 5.98. The molecule has 8 heavy (non-hydrogen) atoms. The average Bonchev–Trinajstić information content (AvgIpc) is 2.14. The van der Waals surface area contributed by atoms with Crippen LogP contribution in [0.2, 0.25) is 0 Å². The minimum Gasteiger partial charge on any atom is -0.338 e. The van der Waals surface area contributed by atoms with Crippen LogP contribution < -0.4 is 0 Å². The number of hydrogen-bond acceptors (Lipinski definition) is 3. The summed E-state index contributed by atoms with van der Waals surface area (Å²) in [4.78, 5) is 3.83. The van der Waals surface area contributed by atoms with Crippen LogP contribution in [0.3, 0.4) is 0 Å². The van der Waals surface area contributed by atoms with E-state index in [1.165, 1.54) is 0 Å². The van der Waals surface area contributed by atoms with Crippen molar-refractivity contribution in [2.75, 3.05) is 0 Å². The lowest BCUT2D eigenvalue weighted by Gasteiger charge is -1.77. The minimum absolute atomic E-state index is 0.600. The third-order valence-electron chi connectivity index (χ3n) is 0.785. The summed E-state index contributed by atoms with van der Waals surface area (Å²) in [5.74, 6) is 0.600. The fourth-order valence-electron chi connectivity index (χ4n) is 0.446. The molecule has 0 aliphatic rings. The molecule has 0 fully saturated rings. The second kappa shape index (κ2) is 2.00. The lowest BCUT2D eigenvalue weighted by atomic mass is 10.8. The van der Waals surface area contributed by atoms with Gasteiger partial charge in [-0.2, -0.15) is 4.36 Å². The molecule has 1 aromatic heterocycles. The van der Waals surface area contributed by atoms with E-state index in [1.54, 1.807) is 17.1 Å². The van der Waals surface area contributed by atoms with Crippen LogP contribution in [0.15, 0.2) is 16.9 Å². The summed E-state index contributed by atoms with van der Waals surface area (Å²) in [7, 11) is 1.87. The first-order chi connectivity index (χ1) is 3.83. The van der Waals surface area contributed by atoms with Gasteiger partial charge in [0.2, 0.25) is 0 Å². The van der Waals surface area contributed by atoms with Gasteiger partial charge in [0.05, 0.1) is 12.5 Å². The van der Waals surface area contributed by atoms with Crippen LogP contribution in [-0.4, -0.2) is 9.55 Å². The van der Waals surface area contributed by atoms with E-state index >= 15 is 0 Å². The van der Waals surface area contributed by atoms with Crippen LogP contribution >= 0.6 is 0 Å². The van der Waals surface area contributed by atoms with Crippen molar-refractivity contribution in [3.05, 3.63) is 12.5 Å². The third-order valence-corrected chi connectivity index (χ3v) is 0.972. The van der Waals surface area contributed by atoms with Gasteiger partial charge in [-0.1, -0.05) is 0 Å². The highest BCUT2D eigenvalue weighted by Crippen LogP contribution is 2.02. The first kappa shape index (κ1) is 5.37. The standard InChI is InChI=1S/C4H5N3S/c1-7-2-4(6-8)5-3-7/h2-3H,1H3. The fourth-order valence-corrected chi connectivity index (χ4v) is 0.540. The summed E-state index contributed by atoms with van der Waals surface area (Å²) in [6.07, 6.45) is 3.41. The Balaban J connectivity index is 3.00. The summed E-state index contributed by atoms with van der Waals surface area (Å²) in [6, 6.07) is 0. The molecule has 0 spiro atoms. The average molecular weight is 127 g/mol. The molecule has 0 N–H and O–H groups in total.